The molecular weight excluding hydrogens is 336 g/mol. The van der Waals surface area contributed by atoms with Gasteiger partial charge in [0.2, 0.25) is 0 Å². The molecule has 0 radical (unpaired) electrons. The second-order valence-electron chi connectivity index (χ2n) is 5.21. The Bertz CT molecular complexity index is 507. The molecule has 1 rings (SSSR count). The van der Waals surface area contributed by atoms with Crippen molar-refractivity contribution in [2.75, 3.05) is 6.54 Å². The van der Waals surface area contributed by atoms with Crippen LogP contribution in [-0.4, -0.2) is 28.1 Å². The van der Waals surface area contributed by atoms with Gasteiger partial charge in [-0.05, 0) is 41.3 Å². The highest BCUT2D eigenvalue weighted by atomic mass is 79.9. The van der Waals surface area contributed by atoms with Crippen molar-refractivity contribution >= 4 is 27.8 Å². The minimum absolute atomic E-state index is 0.142. The average Bonchev–Trinajstić information content (AvgIpc) is 2.81. The molecule has 0 saturated heterocycles. The van der Waals surface area contributed by atoms with Crippen molar-refractivity contribution in [3.8, 4) is 0 Å². The number of hydrogen-bond acceptors (Lipinski definition) is 2. The van der Waals surface area contributed by atoms with Crippen LogP contribution in [-0.2, 0) is 11.3 Å². The molecule has 0 aromatic carbocycles. The van der Waals surface area contributed by atoms with Gasteiger partial charge in [0.05, 0.1) is 5.41 Å². The maximum Gasteiger partial charge on any atom is 0.311 e. The second kappa shape index (κ2) is 7.64. The van der Waals surface area contributed by atoms with E-state index in [1.807, 2.05) is 31.5 Å². The van der Waals surface area contributed by atoms with Crippen molar-refractivity contribution in [1.82, 2.24) is 9.88 Å². The maximum absolute atomic E-state index is 12.3. The predicted octanol–water partition coefficient (Wildman–Crippen LogP) is 3.28. The summed E-state index contributed by atoms with van der Waals surface area (Å²) >= 11 is 3.37. The summed E-state index contributed by atoms with van der Waals surface area (Å²) in [6.45, 7) is 6.60. The van der Waals surface area contributed by atoms with Crippen LogP contribution in [0.4, 0.5) is 0 Å². The quantitative estimate of drug-likeness (QED) is 0.748. The third-order valence-corrected chi connectivity index (χ3v) is 4.39. The molecule has 5 nitrogen and oxygen atoms in total. The summed E-state index contributed by atoms with van der Waals surface area (Å²) < 4.78 is 2.72. The first-order valence-electron chi connectivity index (χ1n) is 7.27. The second-order valence-corrected chi connectivity index (χ2v) is 6.13. The van der Waals surface area contributed by atoms with E-state index in [2.05, 4.69) is 21.2 Å². The SMILES string of the molecule is CCCn1cc(Br)cc1C(=O)NCC(CC)(CC)C(=O)O. The zero-order chi connectivity index (χ0) is 16.0. The number of carbonyl (C=O) groups is 2. The van der Waals surface area contributed by atoms with Crippen molar-refractivity contribution in [2.24, 2.45) is 5.41 Å². The van der Waals surface area contributed by atoms with Crippen LogP contribution in [0, 0.1) is 5.41 Å². The van der Waals surface area contributed by atoms with Crippen LogP contribution in [0.3, 0.4) is 0 Å². The van der Waals surface area contributed by atoms with Gasteiger partial charge >= 0.3 is 5.97 Å². The molecule has 2 N–H and O–H groups in total. The fourth-order valence-corrected chi connectivity index (χ4v) is 2.77. The molecule has 21 heavy (non-hydrogen) atoms. The van der Waals surface area contributed by atoms with Gasteiger partial charge < -0.3 is 15.0 Å². The van der Waals surface area contributed by atoms with E-state index in [4.69, 9.17) is 0 Å². The fourth-order valence-electron chi connectivity index (χ4n) is 2.31. The van der Waals surface area contributed by atoms with Gasteiger partial charge in [-0.15, -0.1) is 0 Å². The summed E-state index contributed by atoms with van der Waals surface area (Å²) in [5.74, 6) is -1.10. The van der Waals surface area contributed by atoms with Crippen LogP contribution < -0.4 is 5.32 Å². The monoisotopic (exact) mass is 358 g/mol. The molecule has 0 aliphatic carbocycles. The topological polar surface area (TPSA) is 71.3 Å². The predicted molar refractivity (Wildman–Crippen MR) is 85.4 cm³/mol. The lowest BCUT2D eigenvalue weighted by Crippen LogP contribution is -2.42. The van der Waals surface area contributed by atoms with Crippen molar-refractivity contribution < 1.29 is 14.7 Å². The molecule has 1 aromatic rings. The summed E-state index contributed by atoms with van der Waals surface area (Å²) in [5.41, 5.74) is -0.343. The number of carboxylic acids is 1. The Morgan fingerprint density at radius 3 is 2.43 bits per heavy atom. The first-order valence-corrected chi connectivity index (χ1v) is 8.06. The largest absolute Gasteiger partial charge is 0.481 e. The molecule has 0 saturated carbocycles. The highest BCUT2D eigenvalue weighted by Gasteiger charge is 2.35. The molecule has 0 spiro atoms. The lowest BCUT2D eigenvalue weighted by molar-refractivity contribution is -0.149. The molecule has 0 aliphatic heterocycles. The number of aliphatic carboxylic acids is 1. The third kappa shape index (κ3) is 4.09. The van der Waals surface area contributed by atoms with Crippen LogP contribution in [0.5, 0.6) is 0 Å². The minimum atomic E-state index is -0.894. The molecule has 118 valence electrons. The molecule has 6 heteroatoms. The van der Waals surface area contributed by atoms with E-state index in [1.54, 1.807) is 6.07 Å². The van der Waals surface area contributed by atoms with E-state index in [-0.39, 0.29) is 12.5 Å². The smallest absolute Gasteiger partial charge is 0.311 e. The lowest BCUT2D eigenvalue weighted by Gasteiger charge is -2.26. The molecule has 0 fully saturated rings. The molecular formula is C15H23BrN2O3. The van der Waals surface area contributed by atoms with Crippen LogP contribution >= 0.6 is 15.9 Å². The number of aromatic nitrogens is 1. The normalized spacial score (nSPS) is 11.4. The van der Waals surface area contributed by atoms with Crippen molar-refractivity contribution in [1.29, 1.82) is 0 Å². The number of halogens is 1. The first kappa shape index (κ1) is 17.8. The van der Waals surface area contributed by atoms with Gasteiger partial charge in [-0.3, -0.25) is 9.59 Å². The maximum atomic E-state index is 12.3. The summed E-state index contributed by atoms with van der Waals surface area (Å²) in [7, 11) is 0. The Balaban J connectivity index is 2.84. The average molecular weight is 359 g/mol. The Morgan fingerprint density at radius 1 is 1.33 bits per heavy atom. The van der Waals surface area contributed by atoms with E-state index in [0.717, 1.165) is 17.4 Å². The Labute approximate surface area is 133 Å². The molecule has 1 aromatic heterocycles. The van der Waals surface area contributed by atoms with Gasteiger partial charge in [-0.2, -0.15) is 0 Å². The van der Waals surface area contributed by atoms with Crippen LogP contribution in [0.1, 0.15) is 50.5 Å². The Kier molecular flexibility index (Phi) is 6.45. The van der Waals surface area contributed by atoms with E-state index in [1.165, 1.54) is 0 Å². The van der Waals surface area contributed by atoms with E-state index in [9.17, 15) is 14.7 Å². The number of carboxylic acid groups (broad SMARTS) is 1. The van der Waals surface area contributed by atoms with E-state index < -0.39 is 11.4 Å². The number of hydrogen-bond donors (Lipinski definition) is 2. The van der Waals surface area contributed by atoms with Crippen LogP contribution in [0.2, 0.25) is 0 Å². The lowest BCUT2D eigenvalue weighted by atomic mass is 9.82. The summed E-state index contributed by atoms with van der Waals surface area (Å²) in [6, 6.07) is 1.76. The van der Waals surface area contributed by atoms with Gasteiger partial charge in [0.25, 0.3) is 5.91 Å². The number of amides is 1. The standard InChI is InChI=1S/C15H23BrN2O3/c1-4-7-18-9-11(16)8-12(18)13(19)17-10-15(5-2,6-3)14(20)21/h8-9H,4-7,10H2,1-3H3,(H,17,19)(H,20,21). The van der Waals surface area contributed by atoms with Crippen LogP contribution in [0.15, 0.2) is 16.7 Å². The molecule has 1 heterocycles. The van der Waals surface area contributed by atoms with Gasteiger partial charge in [0.15, 0.2) is 0 Å². The highest BCUT2D eigenvalue weighted by Crippen LogP contribution is 2.26. The van der Waals surface area contributed by atoms with Gasteiger partial charge in [0.1, 0.15) is 5.69 Å². The summed E-state index contributed by atoms with van der Waals surface area (Å²) in [6.07, 6.45) is 3.75. The zero-order valence-corrected chi connectivity index (χ0v) is 14.4. The zero-order valence-electron chi connectivity index (χ0n) is 12.8. The van der Waals surface area contributed by atoms with Crippen molar-refractivity contribution in [2.45, 2.75) is 46.6 Å². The summed E-state index contributed by atoms with van der Waals surface area (Å²) in [4.78, 5) is 23.8. The third-order valence-electron chi connectivity index (χ3n) is 3.95. The van der Waals surface area contributed by atoms with E-state index in [0.29, 0.717) is 18.5 Å². The number of nitrogens with one attached hydrogen (secondary N) is 1. The van der Waals surface area contributed by atoms with Gasteiger partial charge in [-0.25, -0.2) is 0 Å². The molecule has 0 unspecified atom stereocenters. The molecule has 1 amide bonds. The number of rotatable bonds is 8. The Morgan fingerprint density at radius 2 is 1.95 bits per heavy atom. The summed E-state index contributed by atoms with van der Waals surface area (Å²) in [5, 5.41) is 12.2. The van der Waals surface area contributed by atoms with Crippen LogP contribution in [0.25, 0.3) is 0 Å². The highest BCUT2D eigenvalue weighted by molar-refractivity contribution is 9.10. The fraction of sp³-hybridized carbons (Fsp3) is 0.600. The van der Waals surface area contributed by atoms with Gasteiger partial charge in [-0.1, -0.05) is 20.8 Å². The van der Waals surface area contributed by atoms with Crippen molar-refractivity contribution in [3.05, 3.63) is 22.4 Å². The number of carbonyl (C=O) groups excluding carboxylic acids is 1. The first-order chi connectivity index (χ1) is 9.90. The van der Waals surface area contributed by atoms with Gasteiger partial charge in [0, 0.05) is 23.8 Å². The van der Waals surface area contributed by atoms with Crippen molar-refractivity contribution in [3.63, 3.8) is 0 Å². The number of nitrogens with zero attached hydrogens (tertiary/aromatic N) is 1. The number of aryl methyl sites for hydroxylation is 1. The molecule has 0 bridgehead atoms. The minimum Gasteiger partial charge on any atom is -0.481 e. The Hall–Kier alpha value is -1.30. The molecule has 0 atom stereocenters. The molecule has 0 aliphatic rings. The van der Waals surface area contributed by atoms with E-state index >= 15 is 0 Å².